The maximum absolute atomic E-state index is 10.3. The third-order valence-corrected chi connectivity index (χ3v) is 3.44. The van der Waals surface area contributed by atoms with Gasteiger partial charge in [-0.1, -0.05) is 0 Å². The fourth-order valence-electron chi connectivity index (χ4n) is 2.22. The molecule has 0 radical (unpaired) electrons. The van der Waals surface area contributed by atoms with E-state index in [0.717, 1.165) is 18.4 Å². The fraction of sp³-hybridized carbons (Fsp3) is 0.385. The molecule has 90 valence electrons. The topological polar surface area (TPSA) is 58.7 Å². The molecule has 2 N–H and O–H groups in total. The van der Waals surface area contributed by atoms with Gasteiger partial charge in [-0.25, -0.2) is 0 Å². The van der Waals surface area contributed by atoms with E-state index < -0.39 is 0 Å². The molecule has 17 heavy (non-hydrogen) atoms. The standard InChI is InChI=1S/C13H17N3O/c1-9-3-4-10-7-11(13(14)15-8-17)5-6-12(10)16(9)2/h5-9H,3-4H2,1-2H3,(H2,14,15,17). The van der Waals surface area contributed by atoms with Crippen molar-refractivity contribution in [3.63, 3.8) is 0 Å². The Bertz CT molecular complexity index is 468. The molecule has 0 saturated heterocycles. The summed E-state index contributed by atoms with van der Waals surface area (Å²) >= 11 is 0. The summed E-state index contributed by atoms with van der Waals surface area (Å²) in [6.45, 7) is 2.22. The minimum atomic E-state index is 0.282. The van der Waals surface area contributed by atoms with E-state index in [1.54, 1.807) is 0 Å². The largest absolute Gasteiger partial charge is 0.383 e. The average molecular weight is 231 g/mol. The van der Waals surface area contributed by atoms with Gasteiger partial charge in [0.15, 0.2) is 0 Å². The predicted molar refractivity (Wildman–Crippen MR) is 69.4 cm³/mol. The number of nitrogens with zero attached hydrogens (tertiary/aromatic N) is 2. The van der Waals surface area contributed by atoms with Crippen LogP contribution in [0.5, 0.6) is 0 Å². The lowest BCUT2D eigenvalue weighted by molar-refractivity contribution is -0.106. The Hall–Kier alpha value is -1.84. The summed E-state index contributed by atoms with van der Waals surface area (Å²) in [5.41, 5.74) is 9.04. The number of aryl methyl sites for hydroxylation is 1. The number of benzene rings is 1. The summed E-state index contributed by atoms with van der Waals surface area (Å²) in [5.74, 6) is 0.282. The molecule has 1 unspecified atom stereocenters. The maximum atomic E-state index is 10.3. The lowest BCUT2D eigenvalue weighted by Gasteiger charge is -2.34. The van der Waals surface area contributed by atoms with E-state index in [1.807, 2.05) is 18.2 Å². The Morgan fingerprint density at radius 1 is 1.59 bits per heavy atom. The summed E-state index contributed by atoms with van der Waals surface area (Å²) in [6.07, 6.45) is 2.66. The number of rotatable bonds is 2. The maximum Gasteiger partial charge on any atom is 0.234 e. The summed E-state index contributed by atoms with van der Waals surface area (Å²) in [5, 5.41) is 0. The highest BCUT2D eigenvalue weighted by Gasteiger charge is 2.20. The van der Waals surface area contributed by atoms with E-state index in [0.29, 0.717) is 12.5 Å². The van der Waals surface area contributed by atoms with Crippen molar-refractivity contribution in [3.05, 3.63) is 29.3 Å². The van der Waals surface area contributed by atoms with Gasteiger partial charge in [0.2, 0.25) is 6.41 Å². The second kappa shape index (κ2) is 4.57. The molecular weight excluding hydrogens is 214 g/mol. The van der Waals surface area contributed by atoms with E-state index in [-0.39, 0.29) is 5.84 Å². The summed E-state index contributed by atoms with van der Waals surface area (Å²) in [6, 6.07) is 6.55. The first-order chi connectivity index (χ1) is 8.13. The molecule has 1 aliphatic heterocycles. The van der Waals surface area contributed by atoms with Crippen LogP contribution in [-0.2, 0) is 11.2 Å². The van der Waals surface area contributed by atoms with E-state index in [9.17, 15) is 4.79 Å². The molecule has 2 rings (SSSR count). The molecule has 0 aromatic heterocycles. The third-order valence-electron chi connectivity index (χ3n) is 3.44. The van der Waals surface area contributed by atoms with Crippen LogP contribution in [0.2, 0.25) is 0 Å². The Morgan fingerprint density at radius 2 is 2.35 bits per heavy atom. The van der Waals surface area contributed by atoms with Crippen LogP contribution in [0.15, 0.2) is 23.2 Å². The van der Waals surface area contributed by atoms with E-state index in [1.165, 1.54) is 11.3 Å². The van der Waals surface area contributed by atoms with Crippen molar-refractivity contribution in [3.8, 4) is 0 Å². The first kappa shape index (κ1) is 11.6. The van der Waals surface area contributed by atoms with E-state index in [2.05, 4.69) is 23.9 Å². The monoisotopic (exact) mass is 231 g/mol. The van der Waals surface area contributed by atoms with Crippen molar-refractivity contribution in [1.29, 1.82) is 0 Å². The van der Waals surface area contributed by atoms with Crippen molar-refractivity contribution in [2.75, 3.05) is 11.9 Å². The van der Waals surface area contributed by atoms with Gasteiger partial charge >= 0.3 is 0 Å². The second-order valence-electron chi connectivity index (χ2n) is 4.46. The zero-order chi connectivity index (χ0) is 12.4. The molecule has 1 aromatic carbocycles. The molecule has 1 amide bonds. The van der Waals surface area contributed by atoms with Crippen LogP contribution in [0.1, 0.15) is 24.5 Å². The van der Waals surface area contributed by atoms with Gasteiger partial charge in [-0.05, 0) is 43.5 Å². The van der Waals surface area contributed by atoms with Crippen LogP contribution in [0.25, 0.3) is 0 Å². The van der Waals surface area contributed by atoms with Gasteiger partial charge < -0.3 is 10.6 Å². The summed E-state index contributed by atoms with van der Waals surface area (Å²) in [7, 11) is 2.10. The molecule has 0 bridgehead atoms. The number of carbonyl (C=O) groups excluding carboxylic acids is 1. The smallest absolute Gasteiger partial charge is 0.234 e. The van der Waals surface area contributed by atoms with Gasteiger partial charge in [0, 0.05) is 24.3 Å². The Balaban J connectivity index is 2.39. The molecule has 4 nitrogen and oxygen atoms in total. The van der Waals surface area contributed by atoms with Crippen LogP contribution in [0, 0.1) is 0 Å². The number of carbonyl (C=O) groups is 1. The normalized spacial score (nSPS) is 20.0. The first-order valence-corrected chi connectivity index (χ1v) is 5.76. The molecule has 0 aliphatic carbocycles. The van der Waals surface area contributed by atoms with Gasteiger partial charge in [-0.15, -0.1) is 0 Å². The number of hydrogen-bond donors (Lipinski definition) is 1. The minimum Gasteiger partial charge on any atom is -0.383 e. The van der Waals surface area contributed by atoms with Crippen molar-refractivity contribution in [1.82, 2.24) is 0 Å². The van der Waals surface area contributed by atoms with Gasteiger partial charge in [-0.2, -0.15) is 4.99 Å². The number of amides is 1. The lowest BCUT2D eigenvalue weighted by Crippen LogP contribution is -2.33. The Kier molecular flexibility index (Phi) is 3.13. The highest BCUT2D eigenvalue weighted by molar-refractivity contribution is 6.01. The fourth-order valence-corrected chi connectivity index (χ4v) is 2.22. The van der Waals surface area contributed by atoms with Gasteiger partial charge in [0.05, 0.1) is 0 Å². The molecule has 4 heteroatoms. The third kappa shape index (κ3) is 2.16. The van der Waals surface area contributed by atoms with Gasteiger partial charge in [0.1, 0.15) is 5.84 Å². The SMILES string of the molecule is CC1CCc2cc(C(N)=NC=O)ccc2N1C. The van der Waals surface area contributed by atoms with Crippen molar-refractivity contribution in [2.45, 2.75) is 25.8 Å². The van der Waals surface area contributed by atoms with E-state index >= 15 is 0 Å². The van der Waals surface area contributed by atoms with Crippen LogP contribution >= 0.6 is 0 Å². The van der Waals surface area contributed by atoms with Crippen LogP contribution in [0.4, 0.5) is 5.69 Å². The van der Waals surface area contributed by atoms with Gasteiger partial charge in [-0.3, -0.25) is 4.79 Å². The van der Waals surface area contributed by atoms with Crippen molar-refractivity contribution < 1.29 is 4.79 Å². The Morgan fingerprint density at radius 3 is 3.06 bits per heavy atom. The molecule has 0 saturated carbocycles. The molecule has 1 aromatic rings. The number of anilines is 1. The second-order valence-corrected chi connectivity index (χ2v) is 4.46. The molecule has 1 heterocycles. The van der Waals surface area contributed by atoms with Crippen molar-refractivity contribution in [2.24, 2.45) is 10.7 Å². The Labute approximate surface area is 101 Å². The van der Waals surface area contributed by atoms with Gasteiger partial charge in [0.25, 0.3) is 0 Å². The highest BCUT2D eigenvalue weighted by Crippen LogP contribution is 2.29. The highest BCUT2D eigenvalue weighted by atomic mass is 16.1. The first-order valence-electron chi connectivity index (χ1n) is 5.76. The lowest BCUT2D eigenvalue weighted by atomic mass is 9.95. The summed E-state index contributed by atoms with van der Waals surface area (Å²) in [4.78, 5) is 16.1. The number of fused-ring (bicyclic) bond motifs is 1. The number of nitrogens with two attached hydrogens (primary N) is 1. The van der Waals surface area contributed by atoms with Crippen LogP contribution in [-0.4, -0.2) is 25.3 Å². The van der Waals surface area contributed by atoms with Crippen molar-refractivity contribution >= 4 is 17.9 Å². The average Bonchev–Trinajstić information content (AvgIpc) is 2.34. The molecular formula is C13H17N3O. The van der Waals surface area contributed by atoms with Crippen LogP contribution < -0.4 is 10.6 Å². The number of hydrogen-bond acceptors (Lipinski definition) is 2. The minimum absolute atomic E-state index is 0.282. The quantitative estimate of drug-likeness (QED) is 0.474. The summed E-state index contributed by atoms with van der Waals surface area (Å²) < 4.78 is 0. The molecule has 0 spiro atoms. The van der Waals surface area contributed by atoms with Crippen LogP contribution in [0.3, 0.4) is 0 Å². The molecule has 0 fully saturated rings. The predicted octanol–water partition coefficient (Wildman–Crippen LogP) is 1.32. The molecule has 1 aliphatic rings. The molecule has 1 atom stereocenters. The number of aliphatic imine (C=N–C) groups is 1. The zero-order valence-corrected chi connectivity index (χ0v) is 10.2. The zero-order valence-electron chi connectivity index (χ0n) is 10.2. The number of amidine groups is 1. The van der Waals surface area contributed by atoms with E-state index in [4.69, 9.17) is 5.73 Å².